The van der Waals surface area contributed by atoms with Gasteiger partial charge in [-0.2, -0.15) is 0 Å². The minimum Gasteiger partial charge on any atom is -0.490 e. The zero-order chi connectivity index (χ0) is 14.1. The Labute approximate surface area is 126 Å². The summed E-state index contributed by atoms with van der Waals surface area (Å²) >= 11 is 0. The van der Waals surface area contributed by atoms with E-state index in [1.54, 1.807) is 0 Å². The smallest absolute Gasteiger partial charge is 0.165 e. The van der Waals surface area contributed by atoms with Crippen LogP contribution in [0.1, 0.15) is 24.8 Å². The van der Waals surface area contributed by atoms with Crippen molar-refractivity contribution in [2.24, 2.45) is 5.41 Å². The molecule has 1 aromatic carbocycles. The van der Waals surface area contributed by atoms with Crippen LogP contribution >= 0.6 is 0 Å². The Morgan fingerprint density at radius 1 is 1.19 bits per heavy atom. The van der Waals surface area contributed by atoms with Crippen molar-refractivity contribution >= 4 is 0 Å². The molecule has 0 bridgehead atoms. The van der Waals surface area contributed by atoms with Gasteiger partial charge >= 0.3 is 0 Å². The molecule has 1 atom stereocenters. The van der Waals surface area contributed by atoms with Gasteiger partial charge in [0.15, 0.2) is 11.5 Å². The maximum atomic E-state index is 5.94. The lowest BCUT2D eigenvalue weighted by Gasteiger charge is -2.23. The van der Waals surface area contributed by atoms with E-state index in [1.165, 1.54) is 44.6 Å². The van der Waals surface area contributed by atoms with Gasteiger partial charge in [-0.3, -0.25) is 4.90 Å². The summed E-state index contributed by atoms with van der Waals surface area (Å²) in [6, 6.07) is 6.30. The summed E-state index contributed by atoms with van der Waals surface area (Å²) in [6.45, 7) is 7.29. The number of nitrogens with zero attached hydrogens (tertiary/aromatic N) is 1. The average Bonchev–Trinajstić information content (AvgIpc) is 3.03. The molecule has 4 nitrogen and oxygen atoms in total. The number of benzene rings is 1. The molecule has 1 N–H and O–H groups in total. The van der Waals surface area contributed by atoms with Crippen LogP contribution in [0, 0.1) is 5.41 Å². The Bertz CT molecular complexity index is 512. The van der Waals surface area contributed by atoms with Gasteiger partial charge in [0.1, 0.15) is 0 Å². The highest BCUT2D eigenvalue weighted by Crippen LogP contribution is 2.39. The van der Waals surface area contributed by atoms with Crippen molar-refractivity contribution < 1.29 is 9.47 Å². The van der Waals surface area contributed by atoms with Crippen molar-refractivity contribution in [2.45, 2.75) is 25.8 Å². The van der Waals surface area contributed by atoms with E-state index in [4.69, 9.17) is 9.47 Å². The van der Waals surface area contributed by atoms with Crippen molar-refractivity contribution in [1.82, 2.24) is 10.2 Å². The number of fused-ring (bicyclic) bond motifs is 1. The second-order valence-corrected chi connectivity index (χ2v) is 6.68. The number of ether oxygens (including phenoxy) is 2. The highest BCUT2D eigenvalue weighted by molar-refractivity contribution is 5.47. The Hall–Kier alpha value is -1.26. The van der Waals surface area contributed by atoms with Crippen molar-refractivity contribution in [1.29, 1.82) is 0 Å². The van der Waals surface area contributed by atoms with Gasteiger partial charge < -0.3 is 14.8 Å². The van der Waals surface area contributed by atoms with E-state index in [0.717, 1.165) is 37.7 Å². The Morgan fingerprint density at radius 2 is 2.14 bits per heavy atom. The van der Waals surface area contributed by atoms with Gasteiger partial charge in [-0.15, -0.1) is 0 Å². The van der Waals surface area contributed by atoms with Crippen LogP contribution in [0.4, 0.5) is 0 Å². The normalized spacial score (nSPS) is 29.0. The summed E-state index contributed by atoms with van der Waals surface area (Å²) in [4.78, 5) is 2.58. The van der Waals surface area contributed by atoms with Crippen LogP contribution in [0.15, 0.2) is 18.2 Å². The number of para-hydroxylation sites is 1. The zero-order valence-corrected chi connectivity index (χ0v) is 12.6. The molecule has 1 aromatic rings. The van der Waals surface area contributed by atoms with Crippen LogP contribution in [0.5, 0.6) is 11.5 Å². The molecule has 0 amide bonds. The van der Waals surface area contributed by atoms with Gasteiger partial charge in [-0.25, -0.2) is 0 Å². The predicted octanol–water partition coefficient (Wildman–Crippen LogP) is 2.03. The highest BCUT2D eigenvalue weighted by Gasteiger charge is 2.40. The number of nitrogens with one attached hydrogen (secondary N) is 1. The molecule has 3 aliphatic rings. The Balaban J connectivity index is 1.50. The maximum Gasteiger partial charge on any atom is 0.165 e. The molecule has 0 radical (unpaired) electrons. The summed E-state index contributed by atoms with van der Waals surface area (Å²) in [5.41, 5.74) is 1.81. The van der Waals surface area contributed by atoms with E-state index in [9.17, 15) is 0 Å². The van der Waals surface area contributed by atoms with Gasteiger partial charge in [0.05, 0.1) is 13.2 Å². The van der Waals surface area contributed by atoms with Gasteiger partial charge in [0, 0.05) is 31.6 Å². The van der Waals surface area contributed by atoms with E-state index < -0.39 is 0 Å². The summed E-state index contributed by atoms with van der Waals surface area (Å²) in [5, 5.41) is 3.53. The second kappa shape index (κ2) is 5.50. The molecule has 3 aliphatic heterocycles. The average molecular weight is 288 g/mol. The topological polar surface area (TPSA) is 33.7 Å². The Morgan fingerprint density at radius 3 is 3.05 bits per heavy atom. The zero-order valence-electron chi connectivity index (χ0n) is 12.6. The third-order valence-corrected chi connectivity index (χ3v) is 5.10. The Kier molecular flexibility index (Phi) is 3.51. The first-order chi connectivity index (χ1) is 10.3. The van der Waals surface area contributed by atoms with Crippen molar-refractivity contribution in [3.05, 3.63) is 23.8 Å². The number of hydrogen-bond acceptors (Lipinski definition) is 4. The lowest BCUT2D eigenvalue weighted by atomic mass is 9.86. The van der Waals surface area contributed by atoms with E-state index in [1.807, 2.05) is 6.07 Å². The van der Waals surface area contributed by atoms with Gasteiger partial charge in [0.25, 0.3) is 0 Å². The van der Waals surface area contributed by atoms with Crippen LogP contribution in [-0.4, -0.2) is 44.3 Å². The quantitative estimate of drug-likeness (QED) is 0.903. The van der Waals surface area contributed by atoms with Crippen LogP contribution in [-0.2, 0) is 6.54 Å². The largest absolute Gasteiger partial charge is 0.490 e. The highest BCUT2D eigenvalue weighted by atomic mass is 16.5. The van der Waals surface area contributed by atoms with Crippen molar-refractivity contribution in [2.75, 3.05) is 39.4 Å². The standard InChI is InChI=1S/C17H24N2O2/c1-3-14(16-15(4-1)20-9-2-10-21-16)11-19-8-6-17(13-19)5-7-18-12-17/h1,3-4,18H,2,5-13H2. The fraction of sp³-hybridized carbons (Fsp3) is 0.647. The van der Waals surface area contributed by atoms with Crippen LogP contribution < -0.4 is 14.8 Å². The first-order valence-electron chi connectivity index (χ1n) is 8.15. The lowest BCUT2D eigenvalue weighted by molar-refractivity contribution is 0.261. The summed E-state index contributed by atoms with van der Waals surface area (Å²) in [6.07, 6.45) is 3.62. The number of likely N-dealkylation sites (tertiary alicyclic amines) is 1. The molecule has 2 fully saturated rings. The molecule has 3 heterocycles. The molecule has 4 rings (SSSR count). The monoisotopic (exact) mass is 288 g/mol. The van der Waals surface area contributed by atoms with Crippen LogP contribution in [0.3, 0.4) is 0 Å². The molecule has 2 saturated heterocycles. The van der Waals surface area contributed by atoms with E-state index in [0.29, 0.717) is 5.41 Å². The fourth-order valence-corrected chi connectivity index (χ4v) is 3.93. The molecule has 0 saturated carbocycles. The minimum atomic E-state index is 0.531. The molecule has 1 spiro atoms. The fourth-order valence-electron chi connectivity index (χ4n) is 3.93. The second-order valence-electron chi connectivity index (χ2n) is 6.68. The van der Waals surface area contributed by atoms with Crippen molar-refractivity contribution in [3.8, 4) is 11.5 Å². The maximum absolute atomic E-state index is 5.94. The van der Waals surface area contributed by atoms with E-state index in [-0.39, 0.29) is 0 Å². The lowest BCUT2D eigenvalue weighted by Crippen LogP contribution is -2.29. The van der Waals surface area contributed by atoms with E-state index in [2.05, 4.69) is 22.3 Å². The predicted molar refractivity (Wildman–Crippen MR) is 81.9 cm³/mol. The molecule has 4 heteroatoms. The van der Waals surface area contributed by atoms with Crippen LogP contribution in [0.2, 0.25) is 0 Å². The number of hydrogen-bond donors (Lipinski definition) is 1. The molecule has 0 aromatic heterocycles. The summed E-state index contributed by atoms with van der Waals surface area (Å²) < 4.78 is 11.7. The third kappa shape index (κ3) is 2.62. The van der Waals surface area contributed by atoms with E-state index >= 15 is 0 Å². The molecule has 114 valence electrons. The summed E-state index contributed by atoms with van der Waals surface area (Å²) in [5.74, 6) is 1.89. The molecule has 21 heavy (non-hydrogen) atoms. The molecule has 1 unspecified atom stereocenters. The first-order valence-corrected chi connectivity index (χ1v) is 8.15. The van der Waals surface area contributed by atoms with Crippen molar-refractivity contribution in [3.63, 3.8) is 0 Å². The SMILES string of the molecule is c1cc(CN2CCC3(CCNC3)C2)c2c(c1)OCCCO2. The number of rotatable bonds is 2. The molecular weight excluding hydrogens is 264 g/mol. The van der Waals surface area contributed by atoms with Gasteiger partial charge in [-0.05, 0) is 37.4 Å². The first kappa shape index (κ1) is 13.4. The molecular formula is C17H24N2O2. The minimum absolute atomic E-state index is 0.531. The van der Waals surface area contributed by atoms with Crippen LogP contribution in [0.25, 0.3) is 0 Å². The van der Waals surface area contributed by atoms with Gasteiger partial charge in [-0.1, -0.05) is 12.1 Å². The summed E-state index contributed by atoms with van der Waals surface area (Å²) in [7, 11) is 0. The van der Waals surface area contributed by atoms with Gasteiger partial charge in [0.2, 0.25) is 0 Å². The third-order valence-electron chi connectivity index (χ3n) is 5.10. The molecule has 0 aliphatic carbocycles.